The molecule has 2 aromatic carbocycles. The molecule has 1 N–H and O–H groups in total. The van der Waals surface area contributed by atoms with Crippen LogP contribution in [0.15, 0.2) is 30.5 Å². The molecule has 0 saturated carbocycles. The minimum atomic E-state index is -1.14. The van der Waals surface area contributed by atoms with Crippen molar-refractivity contribution in [1.82, 2.24) is 9.97 Å². The lowest BCUT2D eigenvalue weighted by Gasteiger charge is -2.30. The van der Waals surface area contributed by atoms with Crippen LogP contribution in [0.3, 0.4) is 0 Å². The largest absolute Gasteiger partial charge is 0.493 e. The fourth-order valence-corrected chi connectivity index (χ4v) is 6.31. The Kier molecular flexibility index (Phi) is 5.42. The smallest absolute Gasteiger partial charge is 0.337 e. The molecule has 0 aliphatic carbocycles. The van der Waals surface area contributed by atoms with Crippen LogP contribution in [-0.4, -0.2) is 46.3 Å². The van der Waals surface area contributed by atoms with E-state index in [0.29, 0.717) is 12.2 Å². The number of anilines is 1. The summed E-state index contributed by atoms with van der Waals surface area (Å²) in [6.07, 6.45) is 2.67. The van der Waals surface area contributed by atoms with Crippen molar-refractivity contribution < 1.29 is 19.4 Å². The van der Waals surface area contributed by atoms with Crippen molar-refractivity contribution in [2.24, 2.45) is 0 Å². The molecule has 0 unspecified atom stereocenters. The van der Waals surface area contributed by atoms with Crippen molar-refractivity contribution in [3.63, 3.8) is 0 Å². The van der Waals surface area contributed by atoms with E-state index in [-0.39, 0.29) is 0 Å². The highest BCUT2D eigenvalue weighted by atomic mass is 32.1. The lowest BCUT2D eigenvalue weighted by atomic mass is 9.89. The van der Waals surface area contributed by atoms with E-state index in [1.54, 1.807) is 11.3 Å². The van der Waals surface area contributed by atoms with Crippen LogP contribution in [0.4, 0.5) is 5.13 Å². The molecule has 2 aliphatic heterocycles. The van der Waals surface area contributed by atoms with Gasteiger partial charge in [0.25, 0.3) is 0 Å². The standard InChI is InChI=1S/C28H29N3O4S/c1-15-14-18-25(36-27(30-18)31-11-5-12-31)22(20(15)24(26(32)33)35-28(2,3)4)17-6-7-19-21-16(9-13-34-19)8-10-29-23(17)21/h6-8,10,14,24H,5,9,11-13H2,1-4H3,(H,32,33)/t24-/m0/s1. The Labute approximate surface area is 213 Å². The molecule has 0 spiro atoms. The second-order valence-corrected chi connectivity index (χ2v) is 11.5. The van der Waals surface area contributed by atoms with Gasteiger partial charge in [-0.05, 0) is 69.5 Å². The Balaban J connectivity index is 1.70. The van der Waals surface area contributed by atoms with Crippen LogP contribution < -0.4 is 9.64 Å². The topological polar surface area (TPSA) is 84.8 Å². The summed E-state index contributed by atoms with van der Waals surface area (Å²) in [7, 11) is 0. The molecule has 4 aromatic rings. The maximum absolute atomic E-state index is 12.7. The maximum Gasteiger partial charge on any atom is 0.337 e. The van der Waals surface area contributed by atoms with E-state index in [1.807, 2.05) is 58.2 Å². The normalized spacial score (nSPS) is 16.2. The molecular formula is C28H29N3O4S. The molecule has 186 valence electrons. The zero-order chi connectivity index (χ0) is 25.2. The highest BCUT2D eigenvalue weighted by molar-refractivity contribution is 7.22. The third-order valence-corrected chi connectivity index (χ3v) is 7.99. The first-order valence-corrected chi connectivity index (χ1v) is 13.2. The van der Waals surface area contributed by atoms with Gasteiger partial charge >= 0.3 is 5.97 Å². The van der Waals surface area contributed by atoms with Gasteiger partial charge < -0.3 is 19.5 Å². The second kappa shape index (κ2) is 8.42. The fraction of sp³-hybridized carbons (Fsp3) is 0.393. The predicted molar refractivity (Wildman–Crippen MR) is 142 cm³/mol. The number of ether oxygens (including phenoxy) is 2. The Morgan fingerprint density at radius 2 is 2.06 bits per heavy atom. The number of aryl methyl sites for hydroxylation is 1. The number of carboxylic acids is 1. The molecule has 7 nitrogen and oxygen atoms in total. The van der Waals surface area contributed by atoms with Gasteiger partial charge in [0.1, 0.15) is 5.75 Å². The Hall–Kier alpha value is -3.23. The van der Waals surface area contributed by atoms with Crippen LogP contribution in [0, 0.1) is 6.92 Å². The first-order chi connectivity index (χ1) is 17.2. The number of rotatable bonds is 5. The molecular weight excluding hydrogens is 474 g/mol. The lowest BCUT2D eigenvalue weighted by Crippen LogP contribution is -2.36. The predicted octanol–water partition coefficient (Wildman–Crippen LogP) is 5.91. The number of pyridine rings is 1. The van der Waals surface area contributed by atoms with Gasteiger partial charge in [-0.2, -0.15) is 0 Å². The summed E-state index contributed by atoms with van der Waals surface area (Å²) in [5, 5.41) is 12.3. The quantitative estimate of drug-likeness (QED) is 0.363. The van der Waals surface area contributed by atoms with Gasteiger partial charge in [0.05, 0.1) is 27.9 Å². The van der Waals surface area contributed by atoms with Gasteiger partial charge in [0.15, 0.2) is 11.2 Å². The molecule has 2 aromatic heterocycles. The van der Waals surface area contributed by atoms with E-state index >= 15 is 0 Å². The number of nitrogens with zero attached hydrogens (tertiary/aromatic N) is 3. The van der Waals surface area contributed by atoms with Crippen molar-refractivity contribution in [3.05, 3.63) is 47.2 Å². The number of hydrogen-bond acceptors (Lipinski definition) is 7. The first kappa shape index (κ1) is 23.2. The molecule has 36 heavy (non-hydrogen) atoms. The van der Waals surface area contributed by atoms with Crippen molar-refractivity contribution >= 4 is 43.6 Å². The molecule has 0 bridgehead atoms. The number of carboxylic acid groups (broad SMARTS) is 1. The van der Waals surface area contributed by atoms with Crippen molar-refractivity contribution in [3.8, 4) is 16.9 Å². The zero-order valence-corrected chi connectivity index (χ0v) is 21.7. The van der Waals surface area contributed by atoms with Crippen LogP contribution in [0.25, 0.3) is 32.2 Å². The van der Waals surface area contributed by atoms with Crippen molar-refractivity contribution in [2.75, 3.05) is 24.6 Å². The number of hydrogen-bond donors (Lipinski definition) is 1. The SMILES string of the molecule is Cc1cc2nc(N3CCC3)sc2c(-c2ccc3c4c(ccnc24)CCO3)c1[C@H](OC(C)(C)C)C(=O)O. The summed E-state index contributed by atoms with van der Waals surface area (Å²) >= 11 is 1.62. The highest BCUT2D eigenvalue weighted by Crippen LogP contribution is 2.47. The summed E-state index contributed by atoms with van der Waals surface area (Å²) in [5.74, 6) is -0.194. The summed E-state index contributed by atoms with van der Waals surface area (Å²) in [6, 6.07) is 8.04. The van der Waals surface area contributed by atoms with Crippen LogP contribution in [0.5, 0.6) is 5.75 Å². The molecule has 1 saturated heterocycles. The Morgan fingerprint density at radius 1 is 1.25 bits per heavy atom. The van der Waals surface area contributed by atoms with E-state index < -0.39 is 17.7 Å². The summed E-state index contributed by atoms with van der Waals surface area (Å²) in [4.78, 5) is 24.7. The minimum absolute atomic E-state index is 0.639. The van der Waals surface area contributed by atoms with Gasteiger partial charge in [0, 0.05) is 47.8 Å². The summed E-state index contributed by atoms with van der Waals surface area (Å²) < 4.78 is 13.1. The third-order valence-electron chi connectivity index (χ3n) is 6.84. The van der Waals surface area contributed by atoms with Crippen LogP contribution in [0.1, 0.15) is 50.0 Å². The molecule has 1 fully saturated rings. The van der Waals surface area contributed by atoms with Gasteiger partial charge in [-0.15, -0.1) is 0 Å². The molecule has 8 heteroatoms. The zero-order valence-electron chi connectivity index (χ0n) is 20.9. The number of aliphatic carboxylic acids is 1. The van der Waals surface area contributed by atoms with Crippen LogP contribution in [0.2, 0.25) is 0 Å². The number of benzene rings is 2. The van der Waals surface area contributed by atoms with Gasteiger partial charge in [-0.3, -0.25) is 4.98 Å². The van der Waals surface area contributed by atoms with Gasteiger partial charge in [-0.1, -0.05) is 11.3 Å². The number of thiazole rings is 1. The molecule has 1 atom stereocenters. The molecule has 6 rings (SSSR count). The van der Waals surface area contributed by atoms with E-state index in [2.05, 4.69) is 4.90 Å². The van der Waals surface area contributed by atoms with E-state index in [1.165, 1.54) is 5.56 Å². The Morgan fingerprint density at radius 3 is 2.75 bits per heavy atom. The first-order valence-electron chi connectivity index (χ1n) is 12.3. The average molecular weight is 504 g/mol. The number of aromatic nitrogens is 2. The third kappa shape index (κ3) is 3.79. The lowest BCUT2D eigenvalue weighted by molar-refractivity contribution is -0.160. The van der Waals surface area contributed by atoms with Crippen LogP contribution in [-0.2, 0) is 16.0 Å². The maximum atomic E-state index is 12.7. The average Bonchev–Trinajstić information content (AvgIpc) is 3.18. The monoisotopic (exact) mass is 503 g/mol. The van der Waals surface area contributed by atoms with E-state index in [4.69, 9.17) is 19.4 Å². The molecule has 0 radical (unpaired) electrons. The second-order valence-electron chi connectivity index (χ2n) is 10.5. The number of carbonyl (C=O) groups is 1. The van der Waals surface area contributed by atoms with Gasteiger partial charge in [-0.25, -0.2) is 9.78 Å². The molecule has 2 aliphatic rings. The summed E-state index contributed by atoms with van der Waals surface area (Å²) in [5.41, 5.74) is 5.45. The van der Waals surface area contributed by atoms with Crippen molar-refractivity contribution in [2.45, 2.75) is 52.2 Å². The van der Waals surface area contributed by atoms with E-state index in [0.717, 1.165) is 74.6 Å². The minimum Gasteiger partial charge on any atom is -0.493 e. The summed E-state index contributed by atoms with van der Waals surface area (Å²) in [6.45, 7) is 10.2. The Bertz CT molecular complexity index is 1510. The fourth-order valence-electron chi connectivity index (χ4n) is 5.14. The molecule has 0 amide bonds. The van der Waals surface area contributed by atoms with Gasteiger partial charge in [0.2, 0.25) is 0 Å². The van der Waals surface area contributed by atoms with E-state index in [9.17, 15) is 9.90 Å². The van der Waals surface area contributed by atoms with Crippen LogP contribution >= 0.6 is 11.3 Å². The van der Waals surface area contributed by atoms with Crippen molar-refractivity contribution in [1.29, 1.82) is 0 Å². The number of fused-ring (bicyclic) bond motifs is 1. The highest BCUT2D eigenvalue weighted by Gasteiger charge is 2.34. The molecule has 4 heterocycles.